The van der Waals surface area contributed by atoms with Gasteiger partial charge >= 0.3 is 0 Å². The first-order valence-electron chi connectivity index (χ1n) is 8.44. The molecule has 0 spiro atoms. The van der Waals surface area contributed by atoms with Crippen LogP contribution in [-0.4, -0.2) is 78.1 Å². The number of carbonyl (C=O) groups is 2. The van der Waals surface area contributed by atoms with Gasteiger partial charge < -0.3 is 19.3 Å². The zero-order chi connectivity index (χ0) is 20.0. The smallest absolute Gasteiger partial charge is 0.233 e. The molecule has 1 aliphatic rings. The van der Waals surface area contributed by atoms with Gasteiger partial charge in [-0.15, -0.1) is 0 Å². The Bertz CT molecular complexity index is 715. The van der Waals surface area contributed by atoms with Crippen molar-refractivity contribution >= 4 is 40.0 Å². The van der Waals surface area contributed by atoms with Crippen molar-refractivity contribution in [3.63, 3.8) is 0 Å². The molecule has 0 bridgehead atoms. The summed E-state index contributed by atoms with van der Waals surface area (Å²) in [5, 5.41) is 0. The summed E-state index contributed by atoms with van der Waals surface area (Å²) >= 11 is 6.50. The van der Waals surface area contributed by atoms with Crippen LogP contribution >= 0.6 is 24.0 Å². The summed E-state index contributed by atoms with van der Waals surface area (Å²) < 4.78 is 25.3. The molecule has 2 rings (SSSR count). The van der Waals surface area contributed by atoms with E-state index in [9.17, 15) is 14.0 Å². The van der Waals surface area contributed by atoms with Crippen LogP contribution in [-0.2, 0) is 9.53 Å². The van der Waals surface area contributed by atoms with E-state index >= 15 is 0 Å². The van der Waals surface area contributed by atoms with E-state index in [1.165, 1.54) is 30.8 Å². The molecule has 0 aliphatic carbocycles. The molecule has 1 heterocycles. The minimum Gasteiger partial charge on any atom is -0.490 e. The standard InChI is InChI=1S/C18H23FN2O4S2/c1-12(22)15-8-13(19)4-5-16(15)25-10-14-9-21(6-7-24-14)17(23)11-27-18(26)20(2)3/h4-5,8,14H,6-7,9-11H2,1-3H3. The lowest BCUT2D eigenvalue weighted by Gasteiger charge is -2.33. The van der Waals surface area contributed by atoms with E-state index in [0.29, 0.717) is 29.8 Å². The number of halogens is 1. The quantitative estimate of drug-likeness (QED) is 0.523. The third-order valence-electron chi connectivity index (χ3n) is 3.92. The molecule has 1 saturated heterocycles. The molecule has 1 aliphatic heterocycles. The molecule has 9 heteroatoms. The molecule has 148 valence electrons. The van der Waals surface area contributed by atoms with Gasteiger partial charge in [0, 0.05) is 20.6 Å². The van der Waals surface area contributed by atoms with Crippen molar-refractivity contribution in [3.05, 3.63) is 29.6 Å². The molecule has 1 atom stereocenters. The number of rotatable bonds is 6. The second-order valence-corrected chi connectivity index (χ2v) is 7.90. The lowest BCUT2D eigenvalue weighted by atomic mass is 10.1. The average molecular weight is 415 g/mol. The number of ether oxygens (including phenoxy) is 2. The summed E-state index contributed by atoms with van der Waals surface area (Å²) in [7, 11) is 3.68. The SMILES string of the molecule is CC(=O)c1cc(F)ccc1OCC1CN(C(=O)CSC(=S)N(C)C)CCO1. The number of amides is 1. The summed E-state index contributed by atoms with van der Waals surface area (Å²) in [5.74, 6) is -0.200. The molecule has 0 radical (unpaired) electrons. The first kappa shape index (κ1) is 21.6. The van der Waals surface area contributed by atoms with Crippen LogP contribution in [0.3, 0.4) is 0 Å². The fourth-order valence-corrected chi connectivity index (χ4v) is 3.34. The maximum atomic E-state index is 13.3. The van der Waals surface area contributed by atoms with E-state index in [0.717, 1.165) is 6.07 Å². The number of benzene rings is 1. The Morgan fingerprint density at radius 1 is 1.44 bits per heavy atom. The average Bonchev–Trinajstić information content (AvgIpc) is 2.64. The Hall–Kier alpha value is -1.71. The maximum absolute atomic E-state index is 13.3. The molecule has 0 aromatic heterocycles. The van der Waals surface area contributed by atoms with Crippen molar-refractivity contribution in [2.45, 2.75) is 13.0 Å². The molecule has 1 fully saturated rings. The largest absolute Gasteiger partial charge is 0.490 e. The van der Waals surface area contributed by atoms with Gasteiger partial charge in [-0.3, -0.25) is 9.59 Å². The Labute approximate surface area is 168 Å². The summed E-state index contributed by atoms with van der Waals surface area (Å²) in [6.45, 7) is 2.84. The van der Waals surface area contributed by atoms with E-state index in [1.54, 1.807) is 9.80 Å². The minimum absolute atomic E-state index is 0.0105. The number of Topliss-reactive ketones (excluding diaryl/α,β-unsaturated/α-hetero) is 1. The van der Waals surface area contributed by atoms with Crippen molar-refractivity contribution in [3.8, 4) is 5.75 Å². The van der Waals surface area contributed by atoms with Crippen molar-refractivity contribution in [1.82, 2.24) is 9.80 Å². The van der Waals surface area contributed by atoms with Gasteiger partial charge in [0.05, 0.1) is 24.5 Å². The monoisotopic (exact) mass is 414 g/mol. The van der Waals surface area contributed by atoms with Gasteiger partial charge in [-0.1, -0.05) is 24.0 Å². The summed E-state index contributed by atoms with van der Waals surface area (Å²) in [5.41, 5.74) is 0.187. The van der Waals surface area contributed by atoms with Crippen LogP contribution in [0.4, 0.5) is 4.39 Å². The third-order valence-corrected chi connectivity index (χ3v) is 5.64. The van der Waals surface area contributed by atoms with Gasteiger partial charge in [-0.05, 0) is 25.1 Å². The van der Waals surface area contributed by atoms with Crippen LogP contribution in [0.25, 0.3) is 0 Å². The van der Waals surface area contributed by atoms with Crippen LogP contribution in [0.2, 0.25) is 0 Å². The topological polar surface area (TPSA) is 59.1 Å². The van der Waals surface area contributed by atoms with Crippen LogP contribution in [0.1, 0.15) is 17.3 Å². The molecule has 0 saturated carbocycles. The highest BCUT2D eigenvalue weighted by Crippen LogP contribution is 2.21. The Morgan fingerprint density at radius 2 is 2.19 bits per heavy atom. The van der Waals surface area contributed by atoms with Crippen molar-refractivity contribution in [1.29, 1.82) is 0 Å². The number of hydrogen-bond acceptors (Lipinski definition) is 6. The van der Waals surface area contributed by atoms with Crippen molar-refractivity contribution in [2.75, 3.05) is 46.2 Å². The molecular formula is C18H23FN2O4S2. The van der Waals surface area contributed by atoms with E-state index in [2.05, 4.69) is 0 Å². The molecule has 1 amide bonds. The van der Waals surface area contributed by atoms with Crippen LogP contribution < -0.4 is 4.74 Å². The van der Waals surface area contributed by atoms with Gasteiger partial charge in [-0.2, -0.15) is 0 Å². The highest BCUT2D eigenvalue weighted by atomic mass is 32.2. The van der Waals surface area contributed by atoms with E-state index in [-0.39, 0.29) is 35.7 Å². The number of thioether (sulfide) groups is 1. The Balaban J connectivity index is 1.89. The predicted octanol–water partition coefficient (Wildman–Crippen LogP) is 2.21. The summed E-state index contributed by atoms with van der Waals surface area (Å²) in [6.07, 6.45) is -0.321. The number of thiocarbonyl (C=S) groups is 1. The molecule has 6 nitrogen and oxygen atoms in total. The zero-order valence-corrected chi connectivity index (χ0v) is 17.2. The Kier molecular flexibility index (Phi) is 8.00. The van der Waals surface area contributed by atoms with Crippen molar-refractivity contribution in [2.24, 2.45) is 0 Å². The molecule has 1 unspecified atom stereocenters. The summed E-state index contributed by atoms with van der Waals surface area (Å²) in [6, 6.07) is 3.82. The fourth-order valence-electron chi connectivity index (χ4n) is 2.48. The van der Waals surface area contributed by atoms with Crippen LogP contribution in [0.15, 0.2) is 18.2 Å². The van der Waals surface area contributed by atoms with Gasteiger partial charge in [0.25, 0.3) is 0 Å². The van der Waals surface area contributed by atoms with E-state index < -0.39 is 5.82 Å². The number of hydrogen-bond donors (Lipinski definition) is 0. The van der Waals surface area contributed by atoms with E-state index in [1.807, 2.05) is 14.1 Å². The molecule has 1 aromatic rings. The number of nitrogens with zero attached hydrogens (tertiary/aromatic N) is 2. The third kappa shape index (κ3) is 6.44. The molecule has 0 N–H and O–H groups in total. The first-order chi connectivity index (χ1) is 12.8. The zero-order valence-electron chi connectivity index (χ0n) is 15.6. The minimum atomic E-state index is -0.494. The van der Waals surface area contributed by atoms with E-state index in [4.69, 9.17) is 21.7 Å². The molecular weight excluding hydrogens is 391 g/mol. The number of ketones is 1. The molecule has 27 heavy (non-hydrogen) atoms. The molecule has 1 aromatic carbocycles. The highest BCUT2D eigenvalue weighted by Gasteiger charge is 2.25. The first-order valence-corrected chi connectivity index (χ1v) is 9.84. The summed E-state index contributed by atoms with van der Waals surface area (Å²) in [4.78, 5) is 27.5. The van der Waals surface area contributed by atoms with Gasteiger partial charge in [0.2, 0.25) is 5.91 Å². The fraction of sp³-hybridized carbons (Fsp3) is 0.500. The Morgan fingerprint density at radius 3 is 2.85 bits per heavy atom. The maximum Gasteiger partial charge on any atom is 0.233 e. The lowest BCUT2D eigenvalue weighted by molar-refractivity contribution is -0.137. The second kappa shape index (κ2) is 10.0. The van der Waals surface area contributed by atoms with Crippen molar-refractivity contribution < 1.29 is 23.5 Å². The second-order valence-electron chi connectivity index (χ2n) is 6.29. The predicted molar refractivity (Wildman–Crippen MR) is 107 cm³/mol. The normalized spacial score (nSPS) is 16.7. The number of carbonyl (C=O) groups excluding carboxylic acids is 2. The van der Waals surface area contributed by atoms with Crippen LogP contribution in [0, 0.1) is 5.82 Å². The van der Waals surface area contributed by atoms with Crippen LogP contribution in [0.5, 0.6) is 5.75 Å². The lowest BCUT2D eigenvalue weighted by Crippen LogP contribution is -2.48. The van der Waals surface area contributed by atoms with Gasteiger partial charge in [-0.25, -0.2) is 4.39 Å². The van der Waals surface area contributed by atoms with Gasteiger partial charge in [0.1, 0.15) is 28.6 Å². The highest BCUT2D eigenvalue weighted by molar-refractivity contribution is 8.23. The number of morpholine rings is 1. The van der Waals surface area contributed by atoms with Gasteiger partial charge in [0.15, 0.2) is 5.78 Å².